The number of hydrogen-bond acceptors (Lipinski definition) is 3. The SMILES string of the molecule is O=C(CNc1ccc(F)cc1)N1CCN(c2ccccc2)CC1. The second-order valence-electron chi connectivity index (χ2n) is 5.56. The molecule has 1 aliphatic rings. The summed E-state index contributed by atoms with van der Waals surface area (Å²) in [5.41, 5.74) is 1.95. The van der Waals surface area contributed by atoms with Crippen molar-refractivity contribution in [2.75, 3.05) is 42.9 Å². The Morgan fingerprint density at radius 3 is 2.26 bits per heavy atom. The number of halogens is 1. The van der Waals surface area contributed by atoms with Gasteiger partial charge in [-0.05, 0) is 36.4 Å². The van der Waals surface area contributed by atoms with Gasteiger partial charge in [0.25, 0.3) is 0 Å². The summed E-state index contributed by atoms with van der Waals surface area (Å²) >= 11 is 0. The lowest BCUT2D eigenvalue weighted by atomic mass is 10.2. The number of piperazine rings is 1. The van der Waals surface area contributed by atoms with Crippen molar-refractivity contribution in [1.82, 2.24) is 4.90 Å². The molecule has 0 unspecified atom stereocenters. The number of anilines is 2. The monoisotopic (exact) mass is 313 g/mol. The predicted octanol–water partition coefficient (Wildman–Crippen LogP) is 2.59. The van der Waals surface area contributed by atoms with Crippen LogP contribution in [0.1, 0.15) is 0 Å². The van der Waals surface area contributed by atoms with Crippen molar-refractivity contribution in [2.24, 2.45) is 0 Å². The summed E-state index contributed by atoms with van der Waals surface area (Å²) in [6.07, 6.45) is 0. The molecule has 1 aliphatic heterocycles. The van der Waals surface area contributed by atoms with E-state index in [4.69, 9.17) is 0 Å². The van der Waals surface area contributed by atoms with Gasteiger partial charge < -0.3 is 15.1 Å². The van der Waals surface area contributed by atoms with E-state index in [-0.39, 0.29) is 18.3 Å². The van der Waals surface area contributed by atoms with Crippen molar-refractivity contribution in [3.8, 4) is 0 Å². The summed E-state index contributed by atoms with van der Waals surface area (Å²) in [7, 11) is 0. The second kappa shape index (κ2) is 7.13. The number of carbonyl (C=O) groups is 1. The molecule has 3 rings (SSSR count). The fraction of sp³-hybridized carbons (Fsp3) is 0.278. The van der Waals surface area contributed by atoms with Crippen LogP contribution in [0.25, 0.3) is 0 Å². The van der Waals surface area contributed by atoms with Crippen LogP contribution in [0.2, 0.25) is 0 Å². The van der Waals surface area contributed by atoms with Gasteiger partial charge in [-0.1, -0.05) is 18.2 Å². The molecule has 1 heterocycles. The molecule has 1 N–H and O–H groups in total. The molecule has 0 spiro atoms. The molecule has 0 saturated carbocycles. The average molecular weight is 313 g/mol. The van der Waals surface area contributed by atoms with E-state index in [1.54, 1.807) is 12.1 Å². The summed E-state index contributed by atoms with van der Waals surface area (Å²) in [4.78, 5) is 16.4. The van der Waals surface area contributed by atoms with Crippen molar-refractivity contribution >= 4 is 17.3 Å². The van der Waals surface area contributed by atoms with E-state index in [9.17, 15) is 9.18 Å². The van der Waals surface area contributed by atoms with Crippen LogP contribution in [0.3, 0.4) is 0 Å². The molecule has 0 radical (unpaired) electrons. The van der Waals surface area contributed by atoms with Gasteiger partial charge in [0.2, 0.25) is 5.91 Å². The van der Waals surface area contributed by atoms with Crippen molar-refractivity contribution in [3.63, 3.8) is 0 Å². The van der Waals surface area contributed by atoms with Crippen LogP contribution >= 0.6 is 0 Å². The summed E-state index contributed by atoms with van der Waals surface area (Å²) in [5.74, 6) is -0.207. The van der Waals surface area contributed by atoms with Crippen LogP contribution in [0.5, 0.6) is 0 Å². The lowest BCUT2D eigenvalue weighted by Crippen LogP contribution is -2.50. The van der Waals surface area contributed by atoms with Gasteiger partial charge in [-0.3, -0.25) is 4.79 Å². The van der Waals surface area contributed by atoms with Crippen LogP contribution in [0, 0.1) is 5.82 Å². The van der Waals surface area contributed by atoms with Crippen LogP contribution in [-0.2, 0) is 4.79 Å². The van der Waals surface area contributed by atoms with Crippen molar-refractivity contribution < 1.29 is 9.18 Å². The van der Waals surface area contributed by atoms with Crippen LogP contribution in [-0.4, -0.2) is 43.5 Å². The van der Waals surface area contributed by atoms with E-state index >= 15 is 0 Å². The number of nitrogens with one attached hydrogen (secondary N) is 1. The molecule has 1 saturated heterocycles. The summed E-state index contributed by atoms with van der Waals surface area (Å²) in [6.45, 7) is 3.35. The third kappa shape index (κ3) is 4.00. The zero-order valence-electron chi connectivity index (χ0n) is 12.9. The Hall–Kier alpha value is -2.56. The minimum Gasteiger partial charge on any atom is -0.376 e. The minimum atomic E-state index is -0.279. The highest BCUT2D eigenvalue weighted by Gasteiger charge is 2.20. The van der Waals surface area contributed by atoms with Gasteiger partial charge in [-0.25, -0.2) is 4.39 Å². The largest absolute Gasteiger partial charge is 0.376 e. The molecule has 0 aromatic heterocycles. The third-order valence-electron chi connectivity index (χ3n) is 4.04. The van der Waals surface area contributed by atoms with Crippen LogP contribution in [0.4, 0.5) is 15.8 Å². The van der Waals surface area contributed by atoms with Gasteiger partial charge in [0.1, 0.15) is 5.82 Å². The fourth-order valence-corrected chi connectivity index (χ4v) is 2.71. The van der Waals surface area contributed by atoms with Crippen LogP contribution < -0.4 is 10.2 Å². The number of hydrogen-bond donors (Lipinski definition) is 1. The highest BCUT2D eigenvalue weighted by molar-refractivity contribution is 5.81. The Kier molecular flexibility index (Phi) is 4.76. The molecule has 23 heavy (non-hydrogen) atoms. The standard InChI is InChI=1S/C18H20FN3O/c19-15-6-8-16(9-7-15)20-14-18(23)22-12-10-21(11-13-22)17-4-2-1-3-5-17/h1-9,20H,10-14H2. The first kappa shape index (κ1) is 15.3. The fourth-order valence-electron chi connectivity index (χ4n) is 2.71. The molecule has 1 amide bonds. The van der Waals surface area contributed by atoms with Gasteiger partial charge in [0.05, 0.1) is 6.54 Å². The highest BCUT2D eigenvalue weighted by atomic mass is 19.1. The van der Waals surface area contributed by atoms with Crippen molar-refractivity contribution in [3.05, 3.63) is 60.4 Å². The normalized spacial score (nSPS) is 14.7. The summed E-state index contributed by atoms with van der Waals surface area (Å²) in [6, 6.07) is 16.3. The van der Waals surface area contributed by atoms with Crippen molar-refractivity contribution in [2.45, 2.75) is 0 Å². The first-order valence-corrected chi connectivity index (χ1v) is 7.79. The maximum Gasteiger partial charge on any atom is 0.241 e. The molecule has 1 fully saturated rings. The topological polar surface area (TPSA) is 35.6 Å². The van der Waals surface area contributed by atoms with E-state index in [1.807, 2.05) is 23.1 Å². The molecular formula is C18H20FN3O. The summed E-state index contributed by atoms with van der Waals surface area (Å²) in [5, 5.41) is 3.04. The predicted molar refractivity (Wildman–Crippen MR) is 90.1 cm³/mol. The maximum atomic E-state index is 12.8. The minimum absolute atomic E-state index is 0.0713. The van der Waals surface area contributed by atoms with Crippen LogP contribution in [0.15, 0.2) is 54.6 Å². The van der Waals surface area contributed by atoms with E-state index in [0.29, 0.717) is 0 Å². The molecular weight excluding hydrogens is 293 g/mol. The Balaban J connectivity index is 1.47. The quantitative estimate of drug-likeness (QED) is 0.942. The number of para-hydroxylation sites is 1. The van der Waals surface area contributed by atoms with Gasteiger partial charge >= 0.3 is 0 Å². The molecule has 4 nitrogen and oxygen atoms in total. The lowest BCUT2D eigenvalue weighted by Gasteiger charge is -2.36. The first-order chi connectivity index (χ1) is 11.2. The van der Waals surface area contributed by atoms with E-state index < -0.39 is 0 Å². The first-order valence-electron chi connectivity index (χ1n) is 7.79. The number of carbonyl (C=O) groups excluding carboxylic acids is 1. The molecule has 5 heteroatoms. The third-order valence-corrected chi connectivity index (χ3v) is 4.04. The number of nitrogens with zero attached hydrogens (tertiary/aromatic N) is 2. The average Bonchev–Trinajstić information content (AvgIpc) is 2.62. The van der Waals surface area contributed by atoms with Crippen molar-refractivity contribution in [1.29, 1.82) is 0 Å². The van der Waals surface area contributed by atoms with E-state index in [2.05, 4.69) is 22.3 Å². The van der Waals surface area contributed by atoms with E-state index in [1.165, 1.54) is 17.8 Å². The molecule has 0 atom stereocenters. The molecule has 120 valence electrons. The van der Waals surface area contributed by atoms with Gasteiger partial charge in [-0.2, -0.15) is 0 Å². The Bertz CT molecular complexity index is 637. The van der Waals surface area contributed by atoms with Gasteiger partial charge in [0.15, 0.2) is 0 Å². The van der Waals surface area contributed by atoms with E-state index in [0.717, 1.165) is 31.9 Å². The second-order valence-corrected chi connectivity index (χ2v) is 5.56. The zero-order valence-corrected chi connectivity index (χ0v) is 12.9. The summed E-state index contributed by atoms with van der Waals surface area (Å²) < 4.78 is 12.8. The number of rotatable bonds is 4. The smallest absolute Gasteiger partial charge is 0.241 e. The maximum absolute atomic E-state index is 12.8. The molecule has 2 aromatic carbocycles. The molecule has 0 aliphatic carbocycles. The Morgan fingerprint density at radius 2 is 1.61 bits per heavy atom. The highest BCUT2D eigenvalue weighted by Crippen LogP contribution is 2.15. The Morgan fingerprint density at radius 1 is 0.957 bits per heavy atom. The molecule has 2 aromatic rings. The lowest BCUT2D eigenvalue weighted by molar-refractivity contribution is -0.129. The van der Waals surface area contributed by atoms with Gasteiger partial charge in [0, 0.05) is 37.6 Å². The molecule has 0 bridgehead atoms. The number of amides is 1. The Labute approximate surface area is 135 Å². The zero-order chi connectivity index (χ0) is 16.1. The van der Waals surface area contributed by atoms with Gasteiger partial charge in [-0.15, -0.1) is 0 Å². The number of benzene rings is 2.